The molecule has 0 spiro atoms. The fourth-order valence-corrected chi connectivity index (χ4v) is 7.83. The number of esters is 2. The number of cyclic esters (lactones) is 1. The predicted octanol–water partition coefficient (Wildman–Crippen LogP) is 1.10. The second-order valence-electron chi connectivity index (χ2n) is 14.4. The quantitative estimate of drug-likeness (QED) is 0.269. The fourth-order valence-electron chi connectivity index (χ4n) is 7.83. The largest absolute Gasteiger partial charge is 0.460 e. The van der Waals surface area contributed by atoms with Crippen molar-refractivity contribution in [3.63, 3.8) is 0 Å². The maximum Gasteiger partial charge on any atom is 0.308 e. The van der Waals surface area contributed by atoms with Crippen molar-refractivity contribution < 1.29 is 81.4 Å². The summed E-state index contributed by atoms with van der Waals surface area (Å²) in [6.45, 7) is 10.3. The summed E-state index contributed by atoms with van der Waals surface area (Å²) in [6, 6.07) is 0. The molecule has 5 saturated heterocycles. The van der Waals surface area contributed by atoms with Gasteiger partial charge in [0.25, 0.3) is 0 Å². The van der Waals surface area contributed by atoms with Crippen LogP contribution in [-0.4, -0.2) is 160 Å². The lowest BCUT2D eigenvalue weighted by Crippen LogP contribution is -2.58. The van der Waals surface area contributed by atoms with E-state index in [4.69, 9.17) is 61.6 Å². The van der Waals surface area contributed by atoms with Crippen LogP contribution in [0.1, 0.15) is 73.6 Å². The first-order valence-electron chi connectivity index (χ1n) is 18.3. The van der Waals surface area contributed by atoms with E-state index in [1.807, 2.05) is 6.92 Å². The number of rotatable bonds is 12. The first-order valence-corrected chi connectivity index (χ1v) is 18.3. The summed E-state index contributed by atoms with van der Waals surface area (Å²) >= 11 is 0. The maximum atomic E-state index is 11.8. The molecule has 0 aromatic heterocycles. The highest BCUT2D eigenvalue weighted by molar-refractivity contribution is 5.71. The molecule has 0 aliphatic carbocycles. The number of carbonyl (C=O) groups is 2. The van der Waals surface area contributed by atoms with Crippen LogP contribution < -0.4 is 0 Å². The molecule has 0 radical (unpaired) electrons. The van der Waals surface area contributed by atoms with E-state index >= 15 is 0 Å². The molecule has 5 aliphatic heterocycles. The standard InChI is InChI=1S/C35H58O17/c1-15-31(22(38)11-28(45-15)51-34-17(3)43-26(39)12-23(34)40-7)49-27-10-21(37)32(16(2)44-27)50-29-14-25(42-9)35(19(5)47-29)52-30-13-24(41-8)33(18(4)46-30)48-20(6)36/h15-19,21-25,27-35,37-38H,10-14H2,1-9H3/t15-,16-,17-,18-,19-,21+,22+,23+,24+,25+,27+,28+,29+,30+,31-,32-,33-,34-,35-/m1/s1. The number of carbonyl (C=O) groups excluding carboxylic acids is 2. The number of ether oxygens (including phenoxy) is 13. The van der Waals surface area contributed by atoms with Crippen molar-refractivity contribution in [2.24, 2.45) is 0 Å². The highest BCUT2D eigenvalue weighted by Gasteiger charge is 2.48. The topological polar surface area (TPSA) is 195 Å². The summed E-state index contributed by atoms with van der Waals surface area (Å²) in [6.07, 6.45) is -11.1. The third kappa shape index (κ3) is 9.99. The van der Waals surface area contributed by atoms with Gasteiger partial charge in [0.15, 0.2) is 31.3 Å². The van der Waals surface area contributed by atoms with E-state index in [1.165, 1.54) is 14.0 Å². The number of hydrogen-bond acceptors (Lipinski definition) is 17. The number of aliphatic hydroxyl groups excluding tert-OH is 2. The molecule has 0 aromatic rings. The maximum absolute atomic E-state index is 11.8. The molecule has 52 heavy (non-hydrogen) atoms. The molecule has 5 rings (SSSR count). The van der Waals surface area contributed by atoms with Crippen LogP contribution in [0.4, 0.5) is 0 Å². The second kappa shape index (κ2) is 18.4. The Morgan fingerprint density at radius 2 is 0.923 bits per heavy atom. The van der Waals surface area contributed by atoms with Crippen LogP contribution in [-0.2, 0) is 71.2 Å². The molecule has 5 aliphatic rings. The minimum Gasteiger partial charge on any atom is -0.460 e. The third-order valence-corrected chi connectivity index (χ3v) is 10.5. The van der Waals surface area contributed by atoms with Gasteiger partial charge in [-0.25, -0.2) is 0 Å². The number of methoxy groups -OCH3 is 3. The molecule has 0 bridgehead atoms. The van der Waals surface area contributed by atoms with E-state index in [0.29, 0.717) is 12.8 Å². The lowest BCUT2D eigenvalue weighted by atomic mass is 9.98. The predicted molar refractivity (Wildman–Crippen MR) is 175 cm³/mol. The number of aliphatic hydroxyl groups is 2. The van der Waals surface area contributed by atoms with E-state index in [9.17, 15) is 19.8 Å². The minimum atomic E-state index is -0.967. The summed E-state index contributed by atoms with van der Waals surface area (Å²) in [5.41, 5.74) is 0. The lowest BCUT2D eigenvalue weighted by Gasteiger charge is -2.46. The summed E-state index contributed by atoms with van der Waals surface area (Å²) in [5.74, 6) is -0.775. The van der Waals surface area contributed by atoms with Crippen molar-refractivity contribution in [1.82, 2.24) is 0 Å². The summed E-state index contributed by atoms with van der Waals surface area (Å²) < 4.78 is 77.0. The molecule has 2 N–H and O–H groups in total. The van der Waals surface area contributed by atoms with Gasteiger partial charge in [0.2, 0.25) is 0 Å². The SMILES string of the molecule is CO[C@H]1CC(=O)O[C@H](C)[C@H]1O[C@H]1C[C@H](O)[C@H](O[C@H]2C[C@H](O)[C@H](O[C@H]3C[C@H](OC)[C@H](O[C@H]4C[C@H](OC)[C@H](OC(C)=O)[C@@H](C)O4)[C@@H](C)O3)[C@@H](C)O2)[C@@H](C)O1. The molecular weight excluding hydrogens is 692 g/mol. The highest BCUT2D eigenvalue weighted by Crippen LogP contribution is 2.35. The van der Waals surface area contributed by atoms with Gasteiger partial charge in [-0.05, 0) is 34.6 Å². The van der Waals surface area contributed by atoms with E-state index in [-0.39, 0.29) is 25.2 Å². The molecule has 5 heterocycles. The van der Waals surface area contributed by atoms with Crippen LogP contribution in [0.2, 0.25) is 0 Å². The minimum absolute atomic E-state index is 0.0621. The molecule has 5 fully saturated rings. The van der Waals surface area contributed by atoms with Crippen LogP contribution in [0, 0.1) is 0 Å². The molecular formula is C35H58O17. The normalized spacial score (nSPS) is 47.4. The third-order valence-electron chi connectivity index (χ3n) is 10.5. The molecule has 0 amide bonds. The molecule has 17 heteroatoms. The molecule has 0 saturated carbocycles. The van der Waals surface area contributed by atoms with E-state index < -0.39 is 123 Å². The van der Waals surface area contributed by atoms with Crippen molar-refractivity contribution in [2.45, 2.75) is 190 Å². The van der Waals surface area contributed by atoms with E-state index in [1.54, 1.807) is 41.9 Å². The summed E-state index contributed by atoms with van der Waals surface area (Å²) in [7, 11) is 4.64. The zero-order chi connectivity index (χ0) is 37.9. The Labute approximate surface area is 305 Å². The Morgan fingerprint density at radius 3 is 1.35 bits per heavy atom. The van der Waals surface area contributed by atoms with Gasteiger partial charge in [-0.15, -0.1) is 0 Å². The summed E-state index contributed by atoms with van der Waals surface area (Å²) in [4.78, 5) is 23.4. The highest BCUT2D eigenvalue weighted by atomic mass is 16.8. The molecule has 0 unspecified atom stereocenters. The molecule has 17 nitrogen and oxygen atoms in total. The molecule has 0 aromatic carbocycles. The smallest absolute Gasteiger partial charge is 0.308 e. The number of hydrogen-bond donors (Lipinski definition) is 2. The first-order chi connectivity index (χ1) is 24.7. The second-order valence-corrected chi connectivity index (χ2v) is 14.4. The van der Waals surface area contributed by atoms with E-state index in [2.05, 4.69) is 0 Å². The van der Waals surface area contributed by atoms with Gasteiger partial charge in [0.05, 0.1) is 55.3 Å². The zero-order valence-electron chi connectivity index (χ0n) is 31.5. The summed E-state index contributed by atoms with van der Waals surface area (Å²) in [5, 5.41) is 22.3. The van der Waals surface area contributed by atoms with Crippen LogP contribution in [0.25, 0.3) is 0 Å². The van der Waals surface area contributed by atoms with Crippen molar-refractivity contribution in [3.8, 4) is 0 Å². The fraction of sp³-hybridized carbons (Fsp3) is 0.943. The van der Waals surface area contributed by atoms with Crippen LogP contribution in [0.5, 0.6) is 0 Å². The van der Waals surface area contributed by atoms with Crippen LogP contribution >= 0.6 is 0 Å². The van der Waals surface area contributed by atoms with Crippen molar-refractivity contribution in [2.75, 3.05) is 21.3 Å². The van der Waals surface area contributed by atoms with Gasteiger partial charge in [-0.3, -0.25) is 9.59 Å². The first kappa shape index (κ1) is 41.6. The van der Waals surface area contributed by atoms with Gasteiger partial charge in [-0.1, -0.05) is 0 Å². The Balaban J connectivity index is 1.10. The Kier molecular flexibility index (Phi) is 14.7. The van der Waals surface area contributed by atoms with Gasteiger partial charge in [-0.2, -0.15) is 0 Å². The van der Waals surface area contributed by atoms with Gasteiger partial charge in [0.1, 0.15) is 36.6 Å². The Hall–Kier alpha value is -1.58. The zero-order valence-corrected chi connectivity index (χ0v) is 31.5. The van der Waals surface area contributed by atoms with Crippen LogP contribution in [0.3, 0.4) is 0 Å². The molecule has 19 atom stereocenters. The monoisotopic (exact) mass is 750 g/mol. The van der Waals surface area contributed by atoms with Gasteiger partial charge < -0.3 is 71.8 Å². The van der Waals surface area contributed by atoms with Crippen molar-refractivity contribution in [1.29, 1.82) is 0 Å². The Bertz CT molecular complexity index is 1140. The van der Waals surface area contributed by atoms with Crippen molar-refractivity contribution in [3.05, 3.63) is 0 Å². The Morgan fingerprint density at radius 1 is 0.558 bits per heavy atom. The van der Waals surface area contributed by atoms with Crippen molar-refractivity contribution >= 4 is 11.9 Å². The van der Waals surface area contributed by atoms with E-state index in [0.717, 1.165) is 0 Å². The van der Waals surface area contributed by atoms with Gasteiger partial charge >= 0.3 is 11.9 Å². The van der Waals surface area contributed by atoms with Crippen LogP contribution in [0.15, 0.2) is 0 Å². The average Bonchev–Trinajstić information content (AvgIpc) is 3.07. The van der Waals surface area contributed by atoms with Gasteiger partial charge in [0, 0.05) is 53.9 Å². The average molecular weight is 751 g/mol. The molecule has 300 valence electrons. The lowest BCUT2D eigenvalue weighted by molar-refractivity contribution is -0.347.